The standard InChI is InChI=1S/C12H16N4O2S2/c1-3-8-14-15-11(20-8)13-10(18)7-6-19-12(2)5-4-9(17)16(7)12/h7H,3-6H2,1-2H3,(H,13,15,18)/t7-,12+/m0/s1. The molecule has 2 amide bonds. The molecule has 0 aromatic carbocycles. The van der Waals surface area contributed by atoms with E-state index in [1.54, 1.807) is 16.7 Å². The van der Waals surface area contributed by atoms with E-state index in [1.807, 2.05) is 13.8 Å². The lowest BCUT2D eigenvalue weighted by molar-refractivity contribution is -0.135. The monoisotopic (exact) mass is 312 g/mol. The molecule has 0 radical (unpaired) electrons. The Morgan fingerprint density at radius 1 is 1.55 bits per heavy atom. The molecule has 0 unspecified atom stereocenters. The number of aryl methyl sites for hydroxylation is 1. The zero-order valence-electron chi connectivity index (χ0n) is 11.4. The maximum absolute atomic E-state index is 12.4. The molecular weight excluding hydrogens is 296 g/mol. The second-order valence-corrected chi connectivity index (χ2v) is 7.67. The summed E-state index contributed by atoms with van der Waals surface area (Å²) >= 11 is 3.07. The van der Waals surface area contributed by atoms with Gasteiger partial charge in [0.2, 0.25) is 16.9 Å². The SMILES string of the molecule is CCc1nnc(NC(=O)[C@@H]2CS[C@]3(C)CCC(=O)N23)s1. The third-order valence-electron chi connectivity index (χ3n) is 3.75. The maximum atomic E-state index is 12.4. The molecule has 1 aromatic heterocycles. The van der Waals surface area contributed by atoms with E-state index in [1.165, 1.54) is 11.3 Å². The minimum absolute atomic E-state index is 0.0733. The van der Waals surface area contributed by atoms with Crippen molar-refractivity contribution >= 4 is 40.0 Å². The van der Waals surface area contributed by atoms with Crippen LogP contribution in [0.25, 0.3) is 0 Å². The normalized spacial score (nSPS) is 28.8. The Morgan fingerprint density at radius 3 is 3.05 bits per heavy atom. The summed E-state index contributed by atoms with van der Waals surface area (Å²) in [5.41, 5.74) is 0. The highest BCUT2D eigenvalue weighted by Gasteiger charge is 2.52. The van der Waals surface area contributed by atoms with Crippen LogP contribution in [0, 0.1) is 0 Å². The van der Waals surface area contributed by atoms with Gasteiger partial charge in [0.15, 0.2) is 0 Å². The van der Waals surface area contributed by atoms with Crippen molar-refractivity contribution in [3.05, 3.63) is 5.01 Å². The van der Waals surface area contributed by atoms with E-state index in [0.717, 1.165) is 17.8 Å². The fraction of sp³-hybridized carbons (Fsp3) is 0.667. The van der Waals surface area contributed by atoms with Crippen molar-refractivity contribution in [2.75, 3.05) is 11.1 Å². The van der Waals surface area contributed by atoms with E-state index in [9.17, 15) is 9.59 Å². The number of nitrogens with zero attached hydrogens (tertiary/aromatic N) is 3. The Bertz CT molecular complexity index is 561. The first kappa shape index (κ1) is 13.8. The predicted molar refractivity (Wildman–Crippen MR) is 78.6 cm³/mol. The number of rotatable bonds is 3. The molecule has 0 aliphatic carbocycles. The average Bonchev–Trinajstić information content (AvgIpc) is 3.07. The molecule has 3 rings (SSSR count). The van der Waals surface area contributed by atoms with Gasteiger partial charge in [-0.1, -0.05) is 18.3 Å². The van der Waals surface area contributed by atoms with E-state index in [4.69, 9.17) is 0 Å². The van der Waals surface area contributed by atoms with Crippen molar-refractivity contribution in [3.8, 4) is 0 Å². The fourth-order valence-electron chi connectivity index (χ4n) is 2.65. The molecule has 1 N–H and O–H groups in total. The number of fused-ring (bicyclic) bond motifs is 1. The van der Waals surface area contributed by atoms with Crippen LogP contribution < -0.4 is 5.32 Å². The Morgan fingerprint density at radius 2 is 2.35 bits per heavy atom. The van der Waals surface area contributed by atoms with Crippen LogP contribution in [-0.4, -0.2) is 43.6 Å². The Labute approximate surface area is 125 Å². The van der Waals surface area contributed by atoms with Crippen LogP contribution >= 0.6 is 23.1 Å². The molecule has 0 saturated carbocycles. The smallest absolute Gasteiger partial charge is 0.249 e. The molecule has 2 aliphatic rings. The number of amides is 2. The van der Waals surface area contributed by atoms with Crippen LogP contribution in [-0.2, 0) is 16.0 Å². The minimum Gasteiger partial charge on any atom is -0.315 e. The van der Waals surface area contributed by atoms with Crippen molar-refractivity contribution in [1.82, 2.24) is 15.1 Å². The molecule has 20 heavy (non-hydrogen) atoms. The molecule has 6 nitrogen and oxygen atoms in total. The van der Waals surface area contributed by atoms with Gasteiger partial charge >= 0.3 is 0 Å². The number of nitrogens with one attached hydrogen (secondary N) is 1. The third kappa shape index (κ3) is 2.20. The van der Waals surface area contributed by atoms with Gasteiger partial charge in [-0.2, -0.15) is 0 Å². The van der Waals surface area contributed by atoms with E-state index in [-0.39, 0.29) is 16.7 Å². The zero-order chi connectivity index (χ0) is 14.3. The first-order chi connectivity index (χ1) is 9.53. The highest BCUT2D eigenvalue weighted by atomic mass is 32.2. The molecule has 0 spiro atoms. The minimum atomic E-state index is -0.394. The first-order valence-electron chi connectivity index (χ1n) is 6.63. The summed E-state index contributed by atoms with van der Waals surface area (Å²) < 4.78 is 0. The number of hydrogen-bond acceptors (Lipinski definition) is 6. The number of anilines is 1. The number of hydrogen-bond donors (Lipinski definition) is 1. The number of thioether (sulfide) groups is 1. The molecule has 2 saturated heterocycles. The molecule has 0 bridgehead atoms. The lowest BCUT2D eigenvalue weighted by Crippen LogP contribution is -2.48. The summed E-state index contributed by atoms with van der Waals surface area (Å²) in [7, 11) is 0. The van der Waals surface area contributed by atoms with Crippen molar-refractivity contribution < 1.29 is 9.59 Å². The molecule has 1 aromatic rings. The highest BCUT2D eigenvalue weighted by Crippen LogP contribution is 2.47. The lowest BCUT2D eigenvalue weighted by Gasteiger charge is -2.29. The van der Waals surface area contributed by atoms with Gasteiger partial charge in [0.1, 0.15) is 11.0 Å². The molecular formula is C12H16N4O2S2. The van der Waals surface area contributed by atoms with Gasteiger partial charge in [0, 0.05) is 12.2 Å². The van der Waals surface area contributed by atoms with Crippen molar-refractivity contribution in [1.29, 1.82) is 0 Å². The van der Waals surface area contributed by atoms with Crippen LogP contribution in [0.15, 0.2) is 0 Å². The lowest BCUT2D eigenvalue weighted by atomic mass is 10.2. The van der Waals surface area contributed by atoms with Crippen molar-refractivity contribution in [2.24, 2.45) is 0 Å². The Hall–Kier alpha value is -1.15. The van der Waals surface area contributed by atoms with Crippen LogP contribution in [0.4, 0.5) is 5.13 Å². The maximum Gasteiger partial charge on any atom is 0.249 e. The summed E-state index contributed by atoms with van der Waals surface area (Å²) in [5.74, 6) is 0.562. The molecule has 108 valence electrons. The van der Waals surface area contributed by atoms with Crippen molar-refractivity contribution in [2.45, 2.75) is 44.0 Å². The summed E-state index contributed by atoms with van der Waals surface area (Å²) in [4.78, 5) is 25.9. The average molecular weight is 312 g/mol. The van der Waals surface area contributed by atoms with Gasteiger partial charge in [-0.25, -0.2) is 0 Å². The van der Waals surface area contributed by atoms with E-state index in [0.29, 0.717) is 17.3 Å². The number of carbonyl (C=O) groups excluding carboxylic acids is 2. The van der Waals surface area contributed by atoms with Crippen LogP contribution in [0.1, 0.15) is 31.7 Å². The topological polar surface area (TPSA) is 75.2 Å². The molecule has 2 atom stereocenters. The fourth-order valence-corrected chi connectivity index (χ4v) is 4.76. The van der Waals surface area contributed by atoms with E-state index >= 15 is 0 Å². The van der Waals surface area contributed by atoms with Gasteiger partial charge in [-0.3, -0.25) is 14.9 Å². The molecule has 2 aliphatic heterocycles. The van der Waals surface area contributed by atoms with Crippen LogP contribution in [0.3, 0.4) is 0 Å². The summed E-state index contributed by atoms with van der Waals surface area (Å²) in [6.07, 6.45) is 2.15. The largest absolute Gasteiger partial charge is 0.315 e. The molecule has 8 heteroatoms. The number of carbonyl (C=O) groups is 2. The predicted octanol–water partition coefficient (Wildman–Crippen LogP) is 1.49. The zero-order valence-corrected chi connectivity index (χ0v) is 13.0. The van der Waals surface area contributed by atoms with E-state index in [2.05, 4.69) is 15.5 Å². The third-order valence-corrected chi connectivity index (χ3v) is 6.24. The van der Waals surface area contributed by atoms with Gasteiger partial charge < -0.3 is 4.90 Å². The number of aromatic nitrogens is 2. The summed E-state index contributed by atoms with van der Waals surface area (Å²) in [6.45, 7) is 4.03. The Balaban J connectivity index is 1.73. The van der Waals surface area contributed by atoms with Crippen LogP contribution in [0.5, 0.6) is 0 Å². The Kier molecular flexibility index (Phi) is 3.45. The van der Waals surface area contributed by atoms with Crippen molar-refractivity contribution in [3.63, 3.8) is 0 Å². The van der Waals surface area contributed by atoms with Gasteiger partial charge in [-0.15, -0.1) is 22.0 Å². The quantitative estimate of drug-likeness (QED) is 0.915. The molecule has 3 heterocycles. The second kappa shape index (κ2) is 5.00. The van der Waals surface area contributed by atoms with Gasteiger partial charge in [0.05, 0.1) is 4.87 Å². The summed E-state index contributed by atoms with van der Waals surface area (Å²) in [6, 6.07) is -0.394. The highest BCUT2D eigenvalue weighted by molar-refractivity contribution is 8.01. The van der Waals surface area contributed by atoms with Gasteiger partial charge in [0.25, 0.3) is 0 Å². The van der Waals surface area contributed by atoms with Gasteiger partial charge in [-0.05, 0) is 19.8 Å². The second-order valence-electron chi connectivity index (χ2n) is 5.11. The van der Waals surface area contributed by atoms with Crippen LogP contribution in [0.2, 0.25) is 0 Å². The van der Waals surface area contributed by atoms with E-state index < -0.39 is 6.04 Å². The molecule has 2 fully saturated rings. The first-order valence-corrected chi connectivity index (χ1v) is 8.43. The summed E-state index contributed by atoms with van der Waals surface area (Å²) in [5, 5.41) is 12.1.